The van der Waals surface area contributed by atoms with E-state index in [0.29, 0.717) is 18.4 Å². The number of benzene rings is 1. The van der Waals surface area contributed by atoms with Crippen molar-refractivity contribution in [3.63, 3.8) is 0 Å². The molecule has 1 aromatic heterocycles. The molecule has 1 atom stereocenters. The second kappa shape index (κ2) is 7.19. The largest absolute Gasteiger partial charge is 0.338 e. The zero-order valence-electron chi connectivity index (χ0n) is 14.1. The quantitative estimate of drug-likeness (QED) is 0.836. The molecule has 0 saturated carbocycles. The molecular weight excluding hydrogens is 318 g/mol. The number of para-hydroxylation sites is 1. The Bertz CT molecular complexity index is 674. The molecule has 0 bridgehead atoms. The summed E-state index contributed by atoms with van der Waals surface area (Å²) in [4.78, 5) is 22.0. The highest BCUT2D eigenvalue weighted by atomic mass is 32.1. The molecule has 128 valence electrons. The van der Waals surface area contributed by atoms with Gasteiger partial charge in [-0.2, -0.15) is 0 Å². The third-order valence-electron chi connectivity index (χ3n) is 5.26. The molecule has 2 aromatic rings. The highest BCUT2D eigenvalue weighted by Crippen LogP contribution is 2.24. The van der Waals surface area contributed by atoms with Crippen molar-refractivity contribution in [2.45, 2.75) is 44.6 Å². The molecule has 0 spiro atoms. The molecule has 0 aliphatic carbocycles. The lowest BCUT2D eigenvalue weighted by Gasteiger charge is -2.28. The van der Waals surface area contributed by atoms with Crippen LogP contribution in [0.4, 0.5) is 0 Å². The van der Waals surface area contributed by atoms with Gasteiger partial charge < -0.3 is 9.80 Å². The van der Waals surface area contributed by atoms with Crippen LogP contribution >= 0.6 is 11.3 Å². The van der Waals surface area contributed by atoms with E-state index in [4.69, 9.17) is 0 Å². The number of rotatable bonds is 5. The number of nitrogens with zero attached hydrogens (tertiary/aromatic N) is 3. The first-order valence-electron chi connectivity index (χ1n) is 9.16. The zero-order valence-corrected chi connectivity index (χ0v) is 14.9. The molecule has 2 saturated heterocycles. The summed E-state index contributed by atoms with van der Waals surface area (Å²) in [6.45, 7) is 4.44. The number of carbonyl (C=O) groups is 1. The van der Waals surface area contributed by atoms with Crippen molar-refractivity contribution in [2.75, 3.05) is 26.2 Å². The maximum atomic E-state index is 12.7. The molecule has 2 aliphatic heterocycles. The van der Waals surface area contributed by atoms with Crippen molar-refractivity contribution in [1.29, 1.82) is 0 Å². The molecule has 3 heterocycles. The number of thiazole rings is 1. The van der Waals surface area contributed by atoms with E-state index in [-0.39, 0.29) is 0 Å². The zero-order chi connectivity index (χ0) is 16.4. The van der Waals surface area contributed by atoms with Crippen LogP contribution in [0.25, 0.3) is 10.2 Å². The second-order valence-corrected chi connectivity index (χ2v) is 8.08. The van der Waals surface area contributed by atoms with Crippen LogP contribution in [0.3, 0.4) is 0 Å². The van der Waals surface area contributed by atoms with Crippen LogP contribution < -0.4 is 0 Å². The summed E-state index contributed by atoms with van der Waals surface area (Å²) in [5, 5.41) is 1.08. The van der Waals surface area contributed by atoms with Gasteiger partial charge in [0, 0.05) is 32.0 Å². The molecule has 24 heavy (non-hydrogen) atoms. The van der Waals surface area contributed by atoms with Gasteiger partial charge in [0.05, 0.1) is 15.2 Å². The van der Waals surface area contributed by atoms with E-state index >= 15 is 0 Å². The summed E-state index contributed by atoms with van der Waals surface area (Å²) in [7, 11) is 0. The van der Waals surface area contributed by atoms with Gasteiger partial charge in [0.1, 0.15) is 0 Å². The fourth-order valence-electron chi connectivity index (χ4n) is 4.00. The lowest BCUT2D eigenvalue weighted by Crippen LogP contribution is -2.42. The number of likely N-dealkylation sites (tertiary alicyclic amines) is 2. The van der Waals surface area contributed by atoms with Crippen LogP contribution in [-0.4, -0.2) is 52.9 Å². The van der Waals surface area contributed by atoms with E-state index in [1.54, 1.807) is 11.3 Å². The molecule has 0 N–H and O–H groups in total. The molecule has 1 amide bonds. The number of fused-ring (bicyclic) bond motifs is 1. The van der Waals surface area contributed by atoms with Gasteiger partial charge in [-0.15, -0.1) is 11.3 Å². The number of hydrogen-bond donors (Lipinski definition) is 0. The van der Waals surface area contributed by atoms with Crippen LogP contribution in [0, 0.1) is 0 Å². The van der Waals surface area contributed by atoms with Crippen LogP contribution in [-0.2, 0) is 11.2 Å². The van der Waals surface area contributed by atoms with Gasteiger partial charge in [-0.1, -0.05) is 12.1 Å². The number of carbonyl (C=O) groups excluding carboxylic acids is 1. The highest BCUT2D eigenvalue weighted by Gasteiger charge is 2.30. The number of aromatic nitrogens is 1. The van der Waals surface area contributed by atoms with E-state index in [0.717, 1.165) is 36.5 Å². The SMILES string of the molecule is O=C(CCc1nc2ccccc2s1)N1CCC[C@@H]1CN1CCCC1. The van der Waals surface area contributed by atoms with Gasteiger partial charge in [0.25, 0.3) is 0 Å². The van der Waals surface area contributed by atoms with Gasteiger partial charge in [0.2, 0.25) is 5.91 Å². The summed E-state index contributed by atoms with van der Waals surface area (Å²) in [6.07, 6.45) is 6.33. The Labute approximate surface area is 147 Å². The first kappa shape index (κ1) is 16.0. The van der Waals surface area contributed by atoms with Crippen LogP contribution in [0.2, 0.25) is 0 Å². The number of amides is 1. The maximum Gasteiger partial charge on any atom is 0.223 e. The summed E-state index contributed by atoms with van der Waals surface area (Å²) < 4.78 is 1.22. The third kappa shape index (κ3) is 3.47. The molecule has 0 radical (unpaired) electrons. The standard InChI is InChI=1S/C19H25N3OS/c23-19(10-9-18-20-16-7-1-2-8-17(16)24-18)22-13-5-6-15(22)14-21-11-3-4-12-21/h1-2,7-8,15H,3-6,9-14H2/t15-/m1/s1. The fourth-order valence-corrected chi connectivity index (χ4v) is 4.97. The van der Waals surface area contributed by atoms with Gasteiger partial charge in [-0.25, -0.2) is 4.98 Å². The van der Waals surface area contributed by atoms with Gasteiger partial charge >= 0.3 is 0 Å². The minimum atomic E-state index is 0.316. The number of hydrogen-bond acceptors (Lipinski definition) is 4. The summed E-state index contributed by atoms with van der Waals surface area (Å²) in [5.74, 6) is 0.316. The molecule has 1 aromatic carbocycles. The van der Waals surface area contributed by atoms with Crippen molar-refractivity contribution in [3.05, 3.63) is 29.3 Å². The molecular formula is C19H25N3OS. The third-order valence-corrected chi connectivity index (χ3v) is 6.35. The van der Waals surface area contributed by atoms with Crippen molar-refractivity contribution in [1.82, 2.24) is 14.8 Å². The van der Waals surface area contributed by atoms with E-state index in [2.05, 4.69) is 20.9 Å². The average molecular weight is 343 g/mol. The van der Waals surface area contributed by atoms with Crippen LogP contribution in [0.15, 0.2) is 24.3 Å². The van der Waals surface area contributed by atoms with Gasteiger partial charge in [0.15, 0.2) is 0 Å². The Morgan fingerprint density at radius 2 is 2.00 bits per heavy atom. The Morgan fingerprint density at radius 3 is 2.83 bits per heavy atom. The van der Waals surface area contributed by atoms with E-state index in [1.807, 2.05) is 18.2 Å². The Morgan fingerprint density at radius 1 is 1.17 bits per heavy atom. The van der Waals surface area contributed by atoms with Crippen molar-refractivity contribution in [2.24, 2.45) is 0 Å². The highest BCUT2D eigenvalue weighted by molar-refractivity contribution is 7.18. The van der Waals surface area contributed by atoms with E-state index in [9.17, 15) is 4.79 Å². The van der Waals surface area contributed by atoms with Crippen molar-refractivity contribution < 1.29 is 4.79 Å². The number of aryl methyl sites for hydroxylation is 1. The minimum absolute atomic E-state index is 0.316. The molecule has 4 rings (SSSR count). The summed E-state index contributed by atoms with van der Waals surface area (Å²) in [6, 6.07) is 8.65. The second-order valence-electron chi connectivity index (χ2n) is 6.97. The monoisotopic (exact) mass is 343 g/mol. The van der Waals surface area contributed by atoms with Gasteiger partial charge in [-0.05, 0) is 50.9 Å². The van der Waals surface area contributed by atoms with Crippen LogP contribution in [0.5, 0.6) is 0 Å². The molecule has 4 nitrogen and oxygen atoms in total. The van der Waals surface area contributed by atoms with Gasteiger partial charge in [-0.3, -0.25) is 4.79 Å². The van der Waals surface area contributed by atoms with Crippen LogP contribution in [0.1, 0.15) is 37.1 Å². The van der Waals surface area contributed by atoms with Crippen molar-refractivity contribution >= 4 is 27.5 Å². The molecule has 0 unspecified atom stereocenters. The predicted molar refractivity (Wildman–Crippen MR) is 98.4 cm³/mol. The Balaban J connectivity index is 1.34. The molecule has 2 aliphatic rings. The lowest BCUT2D eigenvalue weighted by atomic mass is 10.2. The van der Waals surface area contributed by atoms with E-state index < -0.39 is 0 Å². The summed E-state index contributed by atoms with van der Waals surface area (Å²) >= 11 is 1.72. The first-order chi connectivity index (χ1) is 11.8. The smallest absolute Gasteiger partial charge is 0.223 e. The lowest BCUT2D eigenvalue weighted by molar-refractivity contribution is -0.132. The summed E-state index contributed by atoms with van der Waals surface area (Å²) in [5.41, 5.74) is 1.05. The Kier molecular flexibility index (Phi) is 4.81. The van der Waals surface area contributed by atoms with Crippen molar-refractivity contribution in [3.8, 4) is 0 Å². The average Bonchev–Trinajstić information content (AvgIpc) is 3.33. The topological polar surface area (TPSA) is 36.4 Å². The fraction of sp³-hybridized carbons (Fsp3) is 0.579. The molecule has 5 heteroatoms. The normalized spacial score (nSPS) is 21.8. The molecule has 2 fully saturated rings. The minimum Gasteiger partial charge on any atom is -0.338 e. The van der Waals surface area contributed by atoms with E-state index in [1.165, 1.54) is 37.1 Å². The maximum absolute atomic E-state index is 12.7. The first-order valence-corrected chi connectivity index (χ1v) is 9.97. The predicted octanol–water partition coefficient (Wildman–Crippen LogP) is 3.32. The Hall–Kier alpha value is -1.46.